The molecule has 0 aromatic heterocycles. The number of likely N-dealkylation sites (tertiary alicyclic amines) is 1. The van der Waals surface area contributed by atoms with Gasteiger partial charge in [0.2, 0.25) is 0 Å². The number of aryl methyl sites for hydroxylation is 2. The first-order valence-electron chi connectivity index (χ1n) is 7.92. The maximum absolute atomic E-state index is 6.38. The van der Waals surface area contributed by atoms with Crippen LogP contribution < -0.4 is 5.73 Å². The van der Waals surface area contributed by atoms with Gasteiger partial charge in [0.15, 0.2) is 0 Å². The molecule has 112 valence electrons. The number of rotatable bonds is 4. The summed E-state index contributed by atoms with van der Waals surface area (Å²) < 4.78 is 0. The number of piperidine rings is 1. The number of nitrogens with two attached hydrogens (primary N) is 1. The molecule has 1 atom stereocenters. The van der Waals surface area contributed by atoms with Crippen molar-refractivity contribution in [2.24, 2.45) is 11.1 Å². The minimum atomic E-state index is 0.170. The summed E-state index contributed by atoms with van der Waals surface area (Å²) in [5, 5.41) is 0. The molecule has 2 heteroatoms. The molecule has 1 heterocycles. The second kappa shape index (κ2) is 6.28. The first kappa shape index (κ1) is 15.5. The van der Waals surface area contributed by atoms with E-state index in [1.807, 2.05) is 0 Å². The van der Waals surface area contributed by atoms with Gasteiger partial charge in [-0.2, -0.15) is 0 Å². The fourth-order valence-corrected chi connectivity index (χ4v) is 3.09. The molecule has 0 amide bonds. The van der Waals surface area contributed by atoms with E-state index in [0.29, 0.717) is 5.41 Å². The van der Waals surface area contributed by atoms with Crippen LogP contribution in [0.3, 0.4) is 0 Å². The van der Waals surface area contributed by atoms with Gasteiger partial charge in [0, 0.05) is 6.04 Å². The zero-order valence-corrected chi connectivity index (χ0v) is 13.6. The Kier molecular flexibility index (Phi) is 4.87. The highest BCUT2D eigenvalue weighted by Gasteiger charge is 2.25. The van der Waals surface area contributed by atoms with Gasteiger partial charge < -0.3 is 10.6 Å². The van der Waals surface area contributed by atoms with Crippen LogP contribution in [0.4, 0.5) is 0 Å². The Labute approximate surface area is 124 Å². The molecule has 1 aromatic rings. The first-order valence-corrected chi connectivity index (χ1v) is 7.92. The maximum atomic E-state index is 6.38. The monoisotopic (exact) mass is 274 g/mol. The topological polar surface area (TPSA) is 29.3 Å². The molecule has 1 aromatic carbocycles. The Hall–Kier alpha value is -0.860. The molecule has 1 fully saturated rings. The quantitative estimate of drug-likeness (QED) is 0.904. The van der Waals surface area contributed by atoms with Crippen molar-refractivity contribution in [3.8, 4) is 0 Å². The number of hydrogen-bond acceptors (Lipinski definition) is 2. The molecule has 1 saturated heterocycles. The molecular weight excluding hydrogens is 244 g/mol. The number of hydrogen-bond donors (Lipinski definition) is 1. The van der Waals surface area contributed by atoms with Crippen LogP contribution in [-0.4, -0.2) is 24.5 Å². The zero-order valence-electron chi connectivity index (χ0n) is 13.6. The van der Waals surface area contributed by atoms with Crippen LogP contribution in [0, 0.1) is 19.3 Å². The lowest BCUT2D eigenvalue weighted by molar-refractivity contribution is 0.129. The van der Waals surface area contributed by atoms with Gasteiger partial charge in [-0.3, -0.25) is 0 Å². The Morgan fingerprint density at radius 2 is 1.65 bits per heavy atom. The smallest absolute Gasteiger partial charge is 0.0307 e. The van der Waals surface area contributed by atoms with E-state index in [4.69, 9.17) is 5.73 Å². The molecule has 0 radical (unpaired) electrons. The lowest BCUT2D eigenvalue weighted by atomic mass is 9.82. The predicted molar refractivity (Wildman–Crippen MR) is 86.9 cm³/mol. The molecule has 0 spiro atoms. The van der Waals surface area contributed by atoms with Gasteiger partial charge >= 0.3 is 0 Å². The van der Waals surface area contributed by atoms with Crippen molar-refractivity contribution >= 4 is 0 Å². The van der Waals surface area contributed by atoms with Gasteiger partial charge in [0.25, 0.3) is 0 Å². The highest BCUT2D eigenvalue weighted by atomic mass is 15.1. The molecule has 1 unspecified atom stereocenters. The molecule has 20 heavy (non-hydrogen) atoms. The summed E-state index contributed by atoms with van der Waals surface area (Å²) in [6.45, 7) is 12.6. The van der Waals surface area contributed by atoms with E-state index < -0.39 is 0 Å². The van der Waals surface area contributed by atoms with Crippen molar-refractivity contribution in [2.45, 2.75) is 53.0 Å². The second-order valence-corrected chi connectivity index (χ2v) is 7.32. The molecule has 2 N–H and O–H groups in total. The van der Waals surface area contributed by atoms with Crippen LogP contribution in [0.5, 0.6) is 0 Å². The third-order valence-electron chi connectivity index (χ3n) is 4.64. The molecule has 0 saturated carbocycles. The molecule has 1 aliphatic rings. The Morgan fingerprint density at radius 1 is 1.10 bits per heavy atom. The summed E-state index contributed by atoms with van der Waals surface area (Å²) in [6.07, 6.45) is 3.68. The molecule has 0 bridgehead atoms. The van der Waals surface area contributed by atoms with E-state index in [2.05, 4.69) is 50.8 Å². The summed E-state index contributed by atoms with van der Waals surface area (Å²) in [7, 11) is 0. The average molecular weight is 274 g/mol. The third kappa shape index (κ3) is 4.32. The van der Waals surface area contributed by atoms with Crippen molar-refractivity contribution in [3.05, 3.63) is 34.9 Å². The van der Waals surface area contributed by atoms with Gasteiger partial charge in [-0.05, 0) is 63.7 Å². The van der Waals surface area contributed by atoms with Crippen LogP contribution in [0.25, 0.3) is 0 Å². The highest BCUT2D eigenvalue weighted by Crippen LogP contribution is 2.30. The molecule has 0 aliphatic carbocycles. The van der Waals surface area contributed by atoms with Crippen LogP contribution in [0.1, 0.15) is 55.8 Å². The second-order valence-electron chi connectivity index (χ2n) is 7.32. The fourth-order valence-electron chi connectivity index (χ4n) is 3.09. The van der Waals surface area contributed by atoms with E-state index in [1.165, 1.54) is 42.6 Å². The van der Waals surface area contributed by atoms with E-state index in [1.54, 1.807) is 0 Å². The normalized spacial score (nSPS) is 20.9. The van der Waals surface area contributed by atoms with Crippen LogP contribution >= 0.6 is 0 Å². The van der Waals surface area contributed by atoms with E-state index in [0.717, 1.165) is 13.0 Å². The predicted octanol–water partition coefficient (Wildman–Crippen LogP) is 3.82. The van der Waals surface area contributed by atoms with Gasteiger partial charge in [-0.1, -0.05) is 43.2 Å². The van der Waals surface area contributed by atoms with Gasteiger partial charge in [-0.25, -0.2) is 0 Å². The largest absolute Gasteiger partial charge is 0.324 e. The van der Waals surface area contributed by atoms with Gasteiger partial charge in [0.1, 0.15) is 0 Å². The van der Waals surface area contributed by atoms with Crippen molar-refractivity contribution in [2.75, 3.05) is 19.6 Å². The lowest BCUT2D eigenvalue weighted by Crippen LogP contribution is -2.38. The first-order chi connectivity index (χ1) is 9.35. The Balaban J connectivity index is 1.85. The summed E-state index contributed by atoms with van der Waals surface area (Å²) in [5.74, 6) is 0. The van der Waals surface area contributed by atoms with Crippen LogP contribution in [0.15, 0.2) is 18.2 Å². The Morgan fingerprint density at radius 3 is 2.20 bits per heavy atom. The van der Waals surface area contributed by atoms with Crippen LogP contribution in [-0.2, 0) is 0 Å². The van der Waals surface area contributed by atoms with E-state index >= 15 is 0 Å². The molecular formula is C18H30N2. The Bertz CT molecular complexity index is 420. The minimum absolute atomic E-state index is 0.170. The minimum Gasteiger partial charge on any atom is -0.324 e. The summed E-state index contributed by atoms with van der Waals surface area (Å²) >= 11 is 0. The highest BCUT2D eigenvalue weighted by molar-refractivity contribution is 5.30. The maximum Gasteiger partial charge on any atom is 0.0307 e. The zero-order chi connectivity index (χ0) is 14.8. The van der Waals surface area contributed by atoms with Crippen molar-refractivity contribution < 1.29 is 0 Å². The molecule has 2 nitrogen and oxygen atoms in total. The van der Waals surface area contributed by atoms with E-state index in [9.17, 15) is 0 Å². The lowest BCUT2D eigenvalue weighted by Gasteiger charge is -2.37. The van der Waals surface area contributed by atoms with Crippen molar-refractivity contribution in [1.29, 1.82) is 0 Å². The number of nitrogens with zero attached hydrogens (tertiary/aromatic N) is 1. The number of benzene rings is 1. The van der Waals surface area contributed by atoms with E-state index in [-0.39, 0.29) is 6.04 Å². The fraction of sp³-hybridized carbons (Fsp3) is 0.667. The average Bonchev–Trinajstić information content (AvgIpc) is 2.36. The standard InChI is InChI=1S/C18H30N2/c1-14-11-15(2)13-16(12-14)17(19)5-8-20-9-6-18(3,4)7-10-20/h11-13,17H,5-10,19H2,1-4H3. The van der Waals surface area contributed by atoms with Crippen molar-refractivity contribution in [1.82, 2.24) is 4.90 Å². The third-order valence-corrected chi connectivity index (χ3v) is 4.64. The summed E-state index contributed by atoms with van der Waals surface area (Å²) in [5.41, 5.74) is 10.8. The molecule has 2 rings (SSSR count). The summed E-state index contributed by atoms with van der Waals surface area (Å²) in [6, 6.07) is 6.85. The van der Waals surface area contributed by atoms with Crippen LogP contribution in [0.2, 0.25) is 0 Å². The summed E-state index contributed by atoms with van der Waals surface area (Å²) in [4.78, 5) is 2.58. The molecule has 1 aliphatic heterocycles. The van der Waals surface area contributed by atoms with Crippen molar-refractivity contribution in [3.63, 3.8) is 0 Å². The van der Waals surface area contributed by atoms with Gasteiger partial charge in [0.05, 0.1) is 0 Å². The SMILES string of the molecule is Cc1cc(C)cc(C(N)CCN2CCC(C)(C)CC2)c1. The van der Waals surface area contributed by atoms with Gasteiger partial charge in [-0.15, -0.1) is 0 Å².